The highest BCUT2D eigenvalue weighted by atomic mass is 16.4. The second-order valence-corrected chi connectivity index (χ2v) is 4.65. The molecule has 1 aromatic carbocycles. The third-order valence-electron chi connectivity index (χ3n) is 3.20. The molecule has 0 radical (unpaired) electrons. The minimum Gasteiger partial charge on any atom is -0.478 e. The van der Waals surface area contributed by atoms with Gasteiger partial charge in [0.25, 0.3) is 0 Å². The molecule has 0 aliphatic heterocycles. The molecule has 1 aliphatic rings. The van der Waals surface area contributed by atoms with Gasteiger partial charge in [0, 0.05) is 11.7 Å². The summed E-state index contributed by atoms with van der Waals surface area (Å²) in [4.78, 5) is 11.1. The SMILES string of the molecule is CCCC1CC1Nc1cc(N)ccc1C(=O)O. The van der Waals surface area contributed by atoms with Crippen LogP contribution in [0.25, 0.3) is 0 Å². The van der Waals surface area contributed by atoms with Crippen LogP contribution in [-0.2, 0) is 0 Å². The predicted molar refractivity (Wildman–Crippen MR) is 68.2 cm³/mol. The number of rotatable bonds is 5. The van der Waals surface area contributed by atoms with E-state index in [4.69, 9.17) is 10.8 Å². The quantitative estimate of drug-likeness (QED) is 0.684. The molecule has 0 aromatic heterocycles. The number of nitrogen functional groups attached to an aromatic ring is 1. The number of carbonyl (C=O) groups is 1. The molecule has 0 bridgehead atoms. The first-order chi connectivity index (χ1) is 8.11. The summed E-state index contributed by atoms with van der Waals surface area (Å²) in [7, 11) is 0. The lowest BCUT2D eigenvalue weighted by Gasteiger charge is -2.10. The number of carboxylic acids is 1. The summed E-state index contributed by atoms with van der Waals surface area (Å²) in [6, 6.07) is 5.28. The maximum absolute atomic E-state index is 11.1. The van der Waals surface area contributed by atoms with Crippen LogP contribution in [0.3, 0.4) is 0 Å². The second kappa shape index (κ2) is 4.65. The van der Waals surface area contributed by atoms with Crippen molar-refractivity contribution < 1.29 is 9.90 Å². The summed E-state index contributed by atoms with van der Waals surface area (Å²) in [6.45, 7) is 2.17. The van der Waals surface area contributed by atoms with Crippen molar-refractivity contribution in [3.8, 4) is 0 Å². The van der Waals surface area contributed by atoms with Crippen molar-refractivity contribution in [2.45, 2.75) is 32.2 Å². The van der Waals surface area contributed by atoms with Crippen LogP contribution >= 0.6 is 0 Å². The van der Waals surface area contributed by atoms with Crippen LogP contribution in [0.5, 0.6) is 0 Å². The van der Waals surface area contributed by atoms with E-state index in [1.54, 1.807) is 18.2 Å². The summed E-state index contributed by atoms with van der Waals surface area (Å²) < 4.78 is 0. The summed E-state index contributed by atoms with van der Waals surface area (Å²) in [6.07, 6.45) is 3.50. The number of anilines is 2. The van der Waals surface area contributed by atoms with Gasteiger partial charge in [0.05, 0.1) is 11.3 Å². The van der Waals surface area contributed by atoms with Gasteiger partial charge < -0.3 is 16.2 Å². The topological polar surface area (TPSA) is 75.3 Å². The van der Waals surface area contributed by atoms with Crippen LogP contribution < -0.4 is 11.1 Å². The van der Waals surface area contributed by atoms with Crippen LogP contribution in [0.2, 0.25) is 0 Å². The Hall–Kier alpha value is -1.71. The lowest BCUT2D eigenvalue weighted by molar-refractivity contribution is 0.0698. The molecule has 17 heavy (non-hydrogen) atoms. The van der Waals surface area contributed by atoms with E-state index in [9.17, 15) is 4.79 Å². The number of hydrogen-bond donors (Lipinski definition) is 3. The molecule has 0 heterocycles. The van der Waals surface area contributed by atoms with E-state index < -0.39 is 5.97 Å². The van der Waals surface area contributed by atoms with Crippen LogP contribution in [0.4, 0.5) is 11.4 Å². The Balaban J connectivity index is 2.10. The minimum atomic E-state index is -0.916. The van der Waals surface area contributed by atoms with Crippen molar-refractivity contribution in [2.24, 2.45) is 5.92 Å². The highest BCUT2D eigenvalue weighted by Crippen LogP contribution is 2.38. The number of aromatic carboxylic acids is 1. The summed E-state index contributed by atoms with van der Waals surface area (Å²) in [5, 5.41) is 12.4. The monoisotopic (exact) mass is 234 g/mol. The normalized spacial score (nSPS) is 22.2. The van der Waals surface area contributed by atoms with E-state index in [2.05, 4.69) is 12.2 Å². The third-order valence-corrected chi connectivity index (χ3v) is 3.20. The molecule has 4 nitrogen and oxygen atoms in total. The molecule has 1 aliphatic carbocycles. The molecule has 1 fully saturated rings. The summed E-state index contributed by atoms with van der Waals surface area (Å²) >= 11 is 0. The molecule has 0 saturated heterocycles. The Morgan fingerprint density at radius 3 is 3.00 bits per heavy atom. The standard InChI is InChI=1S/C13H18N2O2/c1-2-3-8-6-11(8)15-12-7-9(14)4-5-10(12)13(16)17/h4-5,7-8,11,15H,2-3,6,14H2,1H3,(H,16,17). The van der Waals surface area contributed by atoms with Gasteiger partial charge in [-0.3, -0.25) is 0 Å². The molecule has 1 aromatic rings. The Bertz CT molecular complexity index is 431. The molecule has 0 spiro atoms. The van der Waals surface area contributed by atoms with Crippen LogP contribution in [-0.4, -0.2) is 17.1 Å². The van der Waals surface area contributed by atoms with Gasteiger partial charge in [0.1, 0.15) is 0 Å². The third kappa shape index (κ3) is 2.70. The van der Waals surface area contributed by atoms with Gasteiger partial charge in [-0.2, -0.15) is 0 Å². The molecule has 92 valence electrons. The lowest BCUT2D eigenvalue weighted by atomic mass is 10.1. The first kappa shape index (κ1) is 11.8. The first-order valence-electron chi connectivity index (χ1n) is 6.01. The van der Waals surface area contributed by atoms with Gasteiger partial charge in [-0.15, -0.1) is 0 Å². The zero-order valence-electron chi connectivity index (χ0n) is 9.94. The lowest BCUT2D eigenvalue weighted by Crippen LogP contribution is -2.10. The van der Waals surface area contributed by atoms with Gasteiger partial charge in [-0.05, 0) is 37.0 Å². The van der Waals surface area contributed by atoms with E-state index in [1.165, 1.54) is 12.8 Å². The molecule has 1 saturated carbocycles. The molecule has 4 heteroatoms. The van der Waals surface area contributed by atoms with Crippen molar-refractivity contribution in [1.29, 1.82) is 0 Å². The van der Waals surface area contributed by atoms with Crippen molar-refractivity contribution in [3.63, 3.8) is 0 Å². The smallest absolute Gasteiger partial charge is 0.337 e. The van der Waals surface area contributed by atoms with Gasteiger partial charge in [0.15, 0.2) is 0 Å². The Morgan fingerprint density at radius 1 is 1.59 bits per heavy atom. The van der Waals surface area contributed by atoms with E-state index >= 15 is 0 Å². The number of nitrogens with two attached hydrogens (primary N) is 1. The molecular formula is C13H18N2O2. The van der Waals surface area contributed by atoms with Gasteiger partial charge in [-0.25, -0.2) is 4.79 Å². The van der Waals surface area contributed by atoms with Crippen molar-refractivity contribution in [3.05, 3.63) is 23.8 Å². The number of benzene rings is 1. The zero-order valence-corrected chi connectivity index (χ0v) is 9.94. The van der Waals surface area contributed by atoms with Crippen LogP contribution in [0.1, 0.15) is 36.5 Å². The first-order valence-corrected chi connectivity index (χ1v) is 6.01. The average Bonchev–Trinajstić information content (AvgIpc) is 2.96. The van der Waals surface area contributed by atoms with E-state index in [0.29, 0.717) is 28.9 Å². The minimum absolute atomic E-state index is 0.293. The van der Waals surface area contributed by atoms with Crippen molar-refractivity contribution in [1.82, 2.24) is 0 Å². The fraction of sp³-hybridized carbons (Fsp3) is 0.462. The van der Waals surface area contributed by atoms with Gasteiger partial charge in [0.2, 0.25) is 0 Å². The molecule has 4 N–H and O–H groups in total. The highest BCUT2D eigenvalue weighted by Gasteiger charge is 2.36. The zero-order chi connectivity index (χ0) is 12.4. The average molecular weight is 234 g/mol. The molecule has 2 unspecified atom stereocenters. The summed E-state index contributed by atoms with van der Waals surface area (Å²) in [5.74, 6) is -0.233. The second-order valence-electron chi connectivity index (χ2n) is 4.65. The largest absolute Gasteiger partial charge is 0.478 e. The number of nitrogens with one attached hydrogen (secondary N) is 1. The van der Waals surface area contributed by atoms with Gasteiger partial charge in [-0.1, -0.05) is 13.3 Å². The van der Waals surface area contributed by atoms with Crippen LogP contribution in [0, 0.1) is 5.92 Å². The fourth-order valence-electron chi connectivity index (χ4n) is 2.18. The Labute approximate surface area is 101 Å². The van der Waals surface area contributed by atoms with Crippen molar-refractivity contribution >= 4 is 17.3 Å². The van der Waals surface area contributed by atoms with E-state index in [0.717, 1.165) is 6.42 Å². The molecule has 0 amide bonds. The van der Waals surface area contributed by atoms with Crippen molar-refractivity contribution in [2.75, 3.05) is 11.1 Å². The summed E-state index contributed by atoms with van der Waals surface area (Å²) in [5.41, 5.74) is 7.21. The number of hydrogen-bond acceptors (Lipinski definition) is 3. The highest BCUT2D eigenvalue weighted by molar-refractivity contribution is 5.95. The molecule has 2 rings (SSSR count). The Kier molecular flexibility index (Phi) is 3.22. The predicted octanol–water partition coefficient (Wildman–Crippen LogP) is 2.57. The van der Waals surface area contributed by atoms with Crippen LogP contribution in [0.15, 0.2) is 18.2 Å². The van der Waals surface area contributed by atoms with E-state index in [1.807, 2.05) is 0 Å². The Morgan fingerprint density at radius 2 is 2.35 bits per heavy atom. The number of carboxylic acid groups (broad SMARTS) is 1. The molecule has 2 atom stereocenters. The maximum atomic E-state index is 11.1. The van der Waals surface area contributed by atoms with Gasteiger partial charge >= 0.3 is 5.97 Å². The molecular weight excluding hydrogens is 216 g/mol. The maximum Gasteiger partial charge on any atom is 0.337 e. The van der Waals surface area contributed by atoms with E-state index in [-0.39, 0.29) is 0 Å². The fourth-order valence-corrected chi connectivity index (χ4v) is 2.18.